The van der Waals surface area contributed by atoms with Crippen LogP contribution in [0.25, 0.3) is 0 Å². The lowest BCUT2D eigenvalue weighted by Gasteiger charge is -2.12. The van der Waals surface area contributed by atoms with Crippen LogP contribution in [0.4, 0.5) is 0 Å². The number of hydrogen-bond acceptors (Lipinski definition) is 6. The van der Waals surface area contributed by atoms with Gasteiger partial charge in [0.15, 0.2) is 11.3 Å². The number of ketones is 1. The average molecular weight is 346 g/mol. The predicted octanol–water partition coefficient (Wildman–Crippen LogP) is 3.46. The lowest BCUT2D eigenvalue weighted by Crippen LogP contribution is -2.15. The van der Waals surface area contributed by atoms with Crippen molar-refractivity contribution >= 4 is 28.9 Å². The van der Waals surface area contributed by atoms with Gasteiger partial charge in [0.2, 0.25) is 0 Å². The summed E-state index contributed by atoms with van der Waals surface area (Å²) in [4.78, 5) is 12.4. The number of hydrogen-bond donors (Lipinski definition) is 0. The Morgan fingerprint density at radius 3 is 3.04 bits per heavy atom. The van der Waals surface area contributed by atoms with Gasteiger partial charge in [-0.05, 0) is 42.7 Å². The summed E-state index contributed by atoms with van der Waals surface area (Å²) in [7, 11) is 0. The van der Waals surface area contributed by atoms with Gasteiger partial charge in [0.1, 0.15) is 0 Å². The summed E-state index contributed by atoms with van der Waals surface area (Å²) < 4.78 is 1.68. The van der Waals surface area contributed by atoms with Crippen molar-refractivity contribution in [3.63, 3.8) is 0 Å². The number of carbonyl (C=O) groups excluding carboxylic acids is 1. The molecule has 0 radical (unpaired) electrons. The van der Waals surface area contributed by atoms with Crippen LogP contribution in [0.3, 0.4) is 0 Å². The summed E-state index contributed by atoms with van der Waals surface area (Å²) in [5.74, 6) is 1.17. The largest absolute Gasteiger partial charge is 0.294 e. The van der Waals surface area contributed by atoms with Gasteiger partial charge in [0.25, 0.3) is 0 Å². The van der Waals surface area contributed by atoms with Gasteiger partial charge in [0.05, 0.1) is 18.0 Å². The van der Waals surface area contributed by atoms with Crippen LogP contribution >= 0.6 is 23.1 Å². The highest BCUT2D eigenvalue weighted by Gasteiger charge is 2.46. The minimum Gasteiger partial charge on any atom is -0.294 e. The summed E-state index contributed by atoms with van der Waals surface area (Å²) in [6.07, 6.45) is 6.90. The monoisotopic (exact) mass is 346 g/mol. The number of Topliss-reactive ketones (excluding diaryl/α,β-unsaturated/α-hetero) is 1. The molecule has 0 saturated heterocycles. The highest BCUT2D eigenvalue weighted by molar-refractivity contribution is 7.98. The molecule has 0 spiro atoms. The van der Waals surface area contributed by atoms with Crippen LogP contribution in [0.2, 0.25) is 0 Å². The maximum Gasteiger partial charge on any atom is 0.164 e. The molecule has 0 amide bonds. The van der Waals surface area contributed by atoms with E-state index in [1.54, 1.807) is 16.4 Å². The first-order valence-corrected chi connectivity index (χ1v) is 9.90. The Balaban J connectivity index is 1.76. The summed E-state index contributed by atoms with van der Waals surface area (Å²) in [6.45, 7) is 0. The highest BCUT2D eigenvalue weighted by atomic mass is 32.2. The minimum atomic E-state index is -0.493. The van der Waals surface area contributed by atoms with Crippen molar-refractivity contribution < 1.29 is 4.79 Å². The van der Waals surface area contributed by atoms with Crippen LogP contribution in [0, 0.1) is 11.3 Å². The molecule has 7 heteroatoms. The van der Waals surface area contributed by atoms with Crippen LogP contribution in [0.5, 0.6) is 0 Å². The van der Waals surface area contributed by atoms with Crippen LogP contribution in [0.15, 0.2) is 23.0 Å². The first kappa shape index (κ1) is 16.2. The number of carbonyl (C=O) groups is 1. The third-order valence-corrected chi connectivity index (χ3v) is 5.57. The van der Waals surface area contributed by atoms with Gasteiger partial charge in [-0.2, -0.15) is 28.4 Å². The van der Waals surface area contributed by atoms with E-state index in [9.17, 15) is 10.1 Å². The van der Waals surface area contributed by atoms with E-state index in [0.717, 1.165) is 36.3 Å². The Hall–Kier alpha value is -1.65. The first-order valence-electron chi connectivity index (χ1n) is 7.57. The van der Waals surface area contributed by atoms with E-state index >= 15 is 0 Å². The summed E-state index contributed by atoms with van der Waals surface area (Å²) in [5.41, 5.74) is 1.10. The van der Waals surface area contributed by atoms with E-state index < -0.39 is 5.54 Å². The standard InChI is InChI=1S/C16H18N4OS2/c1-22-6-2-12(8-15(21)13-3-7-23-10-13)14-9-20(19-18-14)16(11-17)4-5-16/h3,7,9-10,12H,2,4-6,8H2,1H3/t12-/m1/s1. The number of aromatic nitrogens is 3. The van der Waals surface area contributed by atoms with Gasteiger partial charge in [-0.3, -0.25) is 4.79 Å². The predicted molar refractivity (Wildman–Crippen MR) is 91.8 cm³/mol. The normalized spacial score (nSPS) is 16.7. The van der Waals surface area contributed by atoms with E-state index in [1.165, 1.54) is 11.3 Å². The van der Waals surface area contributed by atoms with Gasteiger partial charge in [-0.25, -0.2) is 4.68 Å². The van der Waals surface area contributed by atoms with E-state index in [2.05, 4.69) is 22.6 Å². The molecular weight excluding hydrogens is 328 g/mol. The van der Waals surface area contributed by atoms with E-state index in [0.29, 0.717) is 6.42 Å². The van der Waals surface area contributed by atoms with Crippen LogP contribution < -0.4 is 0 Å². The third-order valence-electron chi connectivity index (χ3n) is 4.25. The number of rotatable bonds is 8. The molecule has 2 aromatic rings. The maximum atomic E-state index is 12.4. The Morgan fingerprint density at radius 1 is 1.61 bits per heavy atom. The van der Waals surface area contributed by atoms with Crippen molar-refractivity contribution in [1.29, 1.82) is 5.26 Å². The van der Waals surface area contributed by atoms with Crippen LogP contribution in [-0.4, -0.2) is 32.8 Å². The average Bonchev–Trinajstić information content (AvgIpc) is 2.99. The molecule has 23 heavy (non-hydrogen) atoms. The molecule has 1 fully saturated rings. The topological polar surface area (TPSA) is 71.6 Å². The zero-order valence-corrected chi connectivity index (χ0v) is 14.6. The molecule has 0 aromatic carbocycles. The fourth-order valence-corrected chi connectivity index (χ4v) is 3.74. The van der Waals surface area contributed by atoms with Crippen molar-refractivity contribution in [2.45, 2.75) is 37.1 Å². The second-order valence-electron chi connectivity index (χ2n) is 5.85. The summed E-state index contributed by atoms with van der Waals surface area (Å²) in [6, 6.07) is 4.18. The summed E-state index contributed by atoms with van der Waals surface area (Å²) in [5, 5.41) is 21.5. The van der Waals surface area contributed by atoms with Crippen molar-refractivity contribution in [2.24, 2.45) is 0 Å². The molecule has 2 heterocycles. The molecule has 1 saturated carbocycles. The van der Waals surface area contributed by atoms with Gasteiger partial charge < -0.3 is 0 Å². The molecule has 1 aliphatic rings. The van der Waals surface area contributed by atoms with Gasteiger partial charge in [-0.15, -0.1) is 5.10 Å². The summed E-state index contributed by atoms with van der Waals surface area (Å²) >= 11 is 3.30. The van der Waals surface area contributed by atoms with Crippen LogP contribution in [-0.2, 0) is 5.54 Å². The Labute approximate surface area is 143 Å². The fourth-order valence-electron chi connectivity index (χ4n) is 2.56. The molecule has 0 unspecified atom stereocenters. The lowest BCUT2D eigenvalue weighted by atomic mass is 9.94. The minimum absolute atomic E-state index is 0.0538. The number of nitriles is 1. The molecule has 2 aromatic heterocycles. The molecule has 5 nitrogen and oxygen atoms in total. The lowest BCUT2D eigenvalue weighted by molar-refractivity contribution is 0.0973. The van der Waals surface area contributed by atoms with E-state index in [1.807, 2.05) is 23.0 Å². The smallest absolute Gasteiger partial charge is 0.164 e. The Morgan fingerprint density at radius 2 is 2.43 bits per heavy atom. The Bertz CT molecular complexity index is 713. The van der Waals surface area contributed by atoms with Crippen LogP contribution in [0.1, 0.15) is 47.7 Å². The molecule has 0 bridgehead atoms. The molecular formula is C16H18N4OS2. The highest BCUT2D eigenvalue weighted by Crippen LogP contribution is 2.42. The van der Waals surface area contributed by atoms with E-state index in [4.69, 9.17) is 0 Å². The molecule has 3 rings (SSSR count). The molecule has 120 valence electrons. The van der Waals surface area contributed by atoms with E-state index in [-0.39, 0.29) is 11.7 Å². The zero-order valence-electron chi connectivity index (χ0n) is 12.9. The fraction of sp³-hybridized carbons (Fsp3) is 0.500. The molecule has 0 N–H and O–H groups in total. The van der Waals surface area contributed by atoms with Crippen molar-refractivity contribution in [1.82, 2.24) is 15.0 Å². The van der Waals surface area contributed by atoms with Gasteiger partial charge in [0, 0.05) is 23.3 Å². The molecule has 1 aliphatic carbocycles. The third kappa shape index (κ3) is 3.48. The van der Waals surface area contributed by atoms with Gasteiger partial charge >= 0.3 is 0 Å². The Kier molecular flexibility index (Phi) is 4.83. The van der Waals surface area contributed by atoms with Gasteiger partial charge in [-0.1, -0.05) is 5.21 Å². The zero-order chi connectivity index (χ0) is 16.3. The van der Waals surface area contributed by atoms with Crippen molar-refractivity contribution in [3.8, 4) is 6.07 Å². The second kappa shape index (κ2) is 6.85. The maximum absolute atomic E-state index is 12.4. The second-order valence-corrected chi connectivity index (χ2v) is 7.61. The number of nitrogens with zero attached hydrogens (tertiary/aromatic N) is 4. The number of thiophene rings is 1. The SMILES string of the molecule is CSCC[C@H](CC(=O)c1ccsc1)c1cn(C2(C#N)CC2)nn1. The quantitative estimate of drug-likeness (QED) is 0.685. The molecule has 0 aliphatic heterocycles. The molecule has 1 atom stereocenters. The number of thioether (sulfide) groups is 1. The van der Waals surface area contributed by atoms with Crippen molar-refractivity contribution in [3.05, 3.63) is 34.3 Å². The van der Waals surface area contributed by atoms with Crippen molar-refractivity contribution in [2.75, 3.05) is 12.0 Å². The first-order chi connectivity index (χ1) is 11.2.